The number of hydrogen-bond acceptors (Lipinski definition) is 4. The second-order valence-electron chi connectivity index (χ2n) is 6.81. The molecule has 0 aromatic heterocycles. The number of likely N-dealkylation sites (tertiary alicyclic amines) is 1. The molecular weight excluding hydrogens is 330 g/mol. The number of rotatable bonds is 6. The maximum absolute atomic E-state index is 12.5. The maximum Gasteiger partial charge on any atom is 0.324 e. The molecule has 3 rings (SSSR count). The molecule has 0 saturated carbocycles. The molecule has 26 heavy (non-hydrogen) atoms. The van der Waals surface area contributed by atoms with Crippen molar-refractivity contribution >= 4 is 17.6 Å². The molecule has 0 aliphatic carbocycles. The van der Waals surface area contributed by atoms with Gasteiger partial charge in [-0.3, -0.25) is 9.69 Å². The zero-order chi connectivity index (χ0) is 18.5. The summed E-state index contributed by atoms with van der Waals surface area (Å²) in [4.78, 5) is 29.9. The molecule has 1 N–H and O–H groups in total. The van der Waals surface area contributed by atoms with E-state index in [0.717, 1.165) is 18.5 Å². The number of anilines is 1. The number of hydrogen-bond donors (Lipinski definition) is 1. The summed E-state index contributed by atoms with van der Waals surface area (Å²) in [6.45, 7) is 5.39. The molecule has 2 aliphatic rings. The molecule has 1 atom stereocenters. The van der Waals surface area contributed by atoms with Crippen LogP contribution in [0.3, 0.4) is 0 Å². The Hall–Kier alpha value is -2.59. The highest BCUT2D eigenvalue weighted by Gasteiger charge is 2.30. The van der Waals surface area contributed by atoms with Crippen LogP contribution in [0.1, 0.15) is 18.4 Å². The van der Waals surface area contributed by atoms with E-state index in [0.29, 0.717) is 32.7 Å². The molecular formula is C19H25N5O2. The standard InChI is InChI=1S/C19H25N5O2/c1-15-4-6-16(7-5-15)24-12-11-22(19(24)26)10-8-21-14-18(25)23-9-2-3-17(23)13-20/h4-7,17,21H,2-3,8-12,14H2,1H3/t17-/m0/s1. The van der Waals surface area contributed by atoms with Crippen molar-refractivity contribution in [3.63, 3.8) is 0 Å². The Balaban J connectivity index is 1.42. The van der Waals surface area contributed by atoms with Gasteiger partial charge in [0.25, 0.3) is 0 Å². The lowest BCUT2D eigenvalue weighted by Gasteiger charge is -2.21. The fourth-order valence-corrected chi connectivity index (χ4v) is 3.46. The van der Waals surface area contributed by atoms with Crippen molar-refractivity contribution < 1.29 is 9.59 Å². The van der Waals surface area contributed by atoms with Gasteiger partial charge in [-0.15, -0.1) is 0 Å². The Bertz CT molecular complexity index is 697. The van der Waals surface area contributed by atoms with Crippen molar-refractivity contribution in [2.75, 3.05) is 44.2 Å². The number of nitrogens with zero attached hydrogens (tertiary/aromatic N) is 4. The third-order valence-corrected chi connectivity index (χ3v) is 5.00. The van der Waals surface area contributed by atoms with Crippen molar-refractivity contribution in [2.45, 2.75) is 25.8 Å². The zero-order valence-corrected chi connectivity index (χ0v) is 15.1. The van der Waals surface area contributed by atoms with Crippen LogP contribution in [0.25, 0.3) is 0 Å². The first kappa shape index (κ1) is 18.2. The Morgan fingerprint density at radius 3 is 2.77 bits per heavy atom. The highest BCUT2D eigenvalue weighted by molar-refractivity contribution is 5.94. The first-order valence-electron chi connectivity index (χ1n) is 9.13. The van der Waals surface area contributed by atoms with Gasteiger partial charge < -0.3 is 15.1 Å². The topological polar surface area (TPSA) is 79.7 Å². The predicted octanol–water partition coefficient (Wildman–Crippen LogP) is 1.34. The van der Waals surface area contributed by atoms with E-state index in [1.165, 1.54) is 5.56 Å². The summed E-state index contributed by atoms with van der Waals surface area (Å²) in [6, 6.07) is 9.85. The molecule has 0 radical (unpaired) electrons. The molecule has 138 valence electrons. The Labute approximate surface area is 154 Å². The lowest BCUT2D eigenvalue weighted by Crippen LogP contribution is -2.43. The van der Waals surface area contributed by atoms with Crippen molar-refractivity contribution in [2.24, 2.45) is 0 Å². The highest BCUT2D eigenvalue weighted by atomic mass is 16.2. The van der Waals surface area contributed by atoms with Crippen LogP contribution in [0, 0.1) is 18.3 Å². The molecule has 2 aliphatic heterocycles. The van der Waals surface area contributed by atoms with Gasteiger partial charge in [0, 0.05) is 38.4 Å². The molecule has 2 heterocycles. The fourth-order valence-electron chi connectivity index (χ4n) is 3.46. The van der Waals surface area contributed by atoms with Crippen LogP contribution >= 0.6 is 0 Å². The van der Waals surface area contributed by atoms with Gasteiger partial charge in [0.2, 0.25) is 5.91 Å². The van der Waals surface area contributed by atoms with E-state index >= 15 is 0 Å². The van der Waals surface area contributed by atoms with Gasteiger partial charge in [0.1, 0.15) is 6.04 Å². The lowest BCUT2D eigenvalue weighted by atomic mass is 10.2. The summed E-state index contributed by atoms with van der Waals surface area (Å²) in [5.74, 6) is -0.0388. The minimum atomic E-state index is -0.285. The summed E-state index contributed by atoms with van der Waals surface area (Å²) >= 11 is 0. The second-order valence-corrected chi connectivity index (χ2v) is 6.81. The Morgan fingerprint density at radius 1 is 1.27 bits per heavy atom. The SMILES string of the molecule is Cc1ccc(N2CCN(CCNCC(=O)N3CCC[C@H]3C#N)C2=O)cc1. The van der Waals surface area contributed by atoms with E-state index in [1.807, 2.05) is 31.2 Å². The van der Waals surface area contributed by atoms with E-state index in [1.54, 1.807) is 14.7 Å². The minimum Gasteiger partial charge on any atom is -0.326 e. The molecule has 7 nitrogen and oxygen atoms in total. The number of nitrogens with one attached hydrogen (secondary N) is 1. The van der Waals surface area contributed by atoms with Gasteiger partial charge >= 0.3 is 6.03 Å². The van der Waals surface area contributed by atoms with Gasteiger partial charge in [-0.05, 0) is 31.9 Å². The second kappa shape index (κ2) is 8.19. The van der Waals surface area contributed by atoms with Crippen LogP contribution in [0.5, 0.6) is 0 Å². The number of carbonyl (C=O) groups excluding carboxylic acids is 2. The van der Waals surface area contributed by atoms with Crippen LogP contribution in [0.4, 0.5) is 10.5 Å². The fraction of sp³-hybridized carbons (Fsp3) is 0.526. The van der Waals surface area contributed by atoms with Gasteiger partial charge in [0.15, 0.2) is 0 Å². The quantitative estimate of drug-likeness (QED) is 0.781. The van der Waals surface area contributed by atoms with Gasteiger partial charge in [-0.1, -0.05) is 17.7 Å². The molecule has 2 saturated heterocycles. The summed E-state index contributed by atoms with van der Waals surface area (Å²) in [5, 5.41) is 12.2. The maximum atomic E-state index is 12.5. The smallest absolute Gasteiger partial charge is 0.324 e. The van der Waals surface area contributed by atoms with E-state index in [9.17, 15) is 9.59 Å². The first-order valence-corrected chi connectivity index (χ1v) is 9.13. The van der Waals surface area contributed by atoms with Crippen molar-refractivity contribution in [1.29, 1.82) is 5.26 Å². The van der Waals surface area contributed by atoms with Gasteiger partial charge in [0.05, 0.1) is 12.6 Å². The Kier molecular flexibility index (Phi) is 5.74. The minimum absolute atomic E-state index is 0.00562. The van der Waals surface area contributed by atoms with Crippen LogP contribution in [0.2, 0.25) is 0 Å². The number of carbonyl (C=O) groups is 2. The van der Waals surface area contributed by atoms with Crippen LogP contribution in [-0.2, 0) is 4.79 Å². The molecule has 1 aromatic carbocycles. The molecule has 7 heteroatoms. The monoisotopic (exact) mass is 355 g/mol. The summed E-state index contributed by atoms with van der Waals surface area (Å²) < 4.78 is 0. The number of nitriles is 1. The summed E-state index contributed by atoms with van der Waals surface area (Å²) in [6.07, 6.45) is 1.65. The number of benzene rings is 1. The predicted molar refractivity (Wildman–Crippen MR) is 98.7 cm³/mol. The lowest BCUT2D eigenvalue weighted by molar-refractivity contribution is -0.130. The van der Waals surface area contributed by atoms with Crippen molar-refractivity contribution in [1.82, 2.24) is 15.1 Å². The van der Waals surface area contributed by atoms with Gasteiger partial charge in [-0.25, -0.2) is 4.79 Å². The molecule has 0 spiro atoms. The van der Waals surface area contributed by atoms with E-state index in [2.05, 4.69) is 11.4 Å². The molecule has 3 amide bonds. The van der Waals surface area contributed by atoms with Gasteiger partial charge in [-0.2, -0.15) is 5.26 Å². The third-order valence-electron chi connectivity index (χ3n) is 5.00. The first-order chi connectivity index (χ1) is 12.6. The average molecular weight is 355 g/mol. The number of urea groups is 1. The number of amides is 3. The third kappa shape index (κ3) is 3.97. The Morgan fingerprint density at radius 2 is 2.04 bits per heavy atom. The zero-order valence-electron chi connectivity index (χ0n) is 15.1. The molecule has 0 unspecified atom stereocenters. The normalized spacial score (nSPS) is 19.9. The van der Waals surface area contributed by atoms with Crippen molar-refractivity contribution in [3.8, 4) is 6.07 Å². The van der Waals surface area contributed by atoms with Crippen molar-refractivity contribution in [3.05, 3.63) is 29.8 Å². The number of aryl methyl sites for hydroxylation is 1. The van der Waals surface area contributed by atoms with E-state index < -0.39 is 0 Å². The highest BCUT2D eigenvalue weighted by Crippen LogP contribution is 2.20. The van der Waals surface area contributed by atoms with E-state index in [-0.39, 0.29) is 24.5 Å². The largest absolute Gasteiger partial charge is 0.326 e. The summed E-state index contributed by atoms with van der Waals surface area (Å²) in [5.41, 5.74) is 2.09. The van der Waals surface area contributed by atoms with E-state index in [4.69, 9.17) is 5.26 Å². The van der Waals surface area contributed by atoms with Crippen LogP contribution in [-0.4, -0.2) is 67.0 Å². The molecule has 0 bridgehead atoms. The van der Waals surface area contributed by atoms with Crippen LogP contribution in [0.15, 0.2) is 24.3 Å². The molecule has 2 fully saturated rings. The average Bonchev–Trinajstić information content (AvgIpc) is 3.26. The van der Waals surface area contributed by atoms with Crippen LogP contribution < -0.4 is 10.2 Å². The summed E-state index contributed by atoms with van der Waals surface area (Å²) in [7, 11) is 0. The molecule has 1 aromatic rings.